The van der Waals surface area contributed by atoms with Gasteiger partial charge in [0.15, 0.2) is 6.23 Å². The first kappa shape index (κ1) is 20.9. The lowest BCUT2D eigenvalue weighted by Crippen LogP contribution is -2.43. The van der Waals surface area contributed by atoms with Gasteiger partial charge >= 0.3 is 0 Å². The number of carbonyl (C=O) groups is 1. The Morgan fingerprint density at radius 1 is 1.42 bits per heavy atom. The van der Waals surface area contributed by atoms with Crippen molar-refractivity contribution in [2.24, 2.45) is 4.99 Å². The fraction of sp³-hybridized carbons (Fsp3) is 0.611. The molecule has 8 heteroatoms. The van der Waals surface area contributed by atoms with Crippen LogP contribution in [-0.4, -0.2) is 77.2 Å². The molecule has 0 bridgehead atoms. The summed E-state index contributed by atoms with van der Waals surface area (Å²) in [5.41, 5.74) is 0.797. The summed E-state index contributed by atoms with van der Waals surface area (Å²) in [5, 5.41) is 23.6. The van der Waals surface area contributed by atoms with Crippen molar-refractivity contribution in [3.63, 3.8) is 0 Å². The third-order valence-electron chi connectivity index (χ3n) is 4.44. The van der Waals surface area contributed by atoms with Crippen molar-refractivity contribution in [2.75, 3.05) is 19.5 Å². The Bertz CT molecular complexity index is 682. The number of nitrogens with one attached hydrogen (secondary N) is 1. The van der Waals surface area contributed by atoms with Crippen LogP contribution in [0.1, 0.15) is 26.7 Å². The Morgan fingerprint density at radius 3 is 2.62 bits per heavy atom. The van der Waals surface area contributed by atoms with Crippen LogP contribution in [0.3, 0.4) is 0 Å². The predicted molar refractivity (Wildman–Crippen MR) is 107 cm³/mol. The molecule has 3 N–H and O–H groups in total. The number of aliphatic hydroxyl groups is 2. The number of rotatable bonds is 5. The standard InChI is InChI=1S/C18H30N3O4P/c1-7-13-10-21(11(2)19-17(13)20-12(3)22)18-16(24)15(23)14(25-18)8-9-26(4,5)6/h10,14-16,18,23-24H,2,4,7-9H2,1,3,5-6H3,(H,19,20,22)/t14-,15-,16?,18-/m1/s1. The highest BCUT2D eigenvalue weighted by atomic mass is 31.2. The second-order valence-corrected chi connectivity index (χ2v) is 11.8. The molecule has 0 aliphatic carbocycles. The molecular formula is C18H30N3O4P. The first-order valence-corrected chi connectivity index (χ1v) is 11.8. The van der Waals surface area contributed by atoms with Crippen molar-refractivity contribution in [2.45, 2.75) is 51.2 Å². The molecule has 2 aliphatic rings. The molecule has 146 valence electrons. The Labute approximate surface area is 155 Å². The molecule has 1 fully saturated rings. The monoisotopic (exact) mass is 383 g/mol. The number of carbonyl (C=O) groups excluding carboxylic acids is 1. The van der Waals surface area contributed by atoms with Gasteiger partial charge in [0.25, 0.3) is 0 Å². The van der Waals surface area contributed by atoms with Crippen LogP contribution < -0.4 is 5.32 Å². The molecule has 1 unspecified atom stereocenters. The lowest BCUT2D eigenvalue weighted by atomic mass is 10.1. The third kappa shape index (κ3) is 4.86. The number of ether oxygens (including phenoxy) is 1. The second-order valence-electron chi connectivity index (χ2n) is 7.47. The molecule has 1 saturated heterocycles. The lowest BCUT2D eigenvalue weighted by Gasteiger charge is -2.33. The zero-order valence-corrected chi connectivity index (χ0v) is 16.9. The Kier molecular flexibility index (Phi) is 6.51. The number of nitrogens with zero attached hydrogens (tertiary/aromatic N) is 2. The quantitative estimate of drug-likeness (QED) is 0.619. The van der Waals surface area contributed by atoms with Gasteiger partial charge in [0.05, 0.1) is 6.10 Å². The SMILES string of the molecule is C=C1N=C(NC(C)=O)C(CC)=CN1[C@@H]1O[C@H](CCP(=C)(C)C)[C@@H](O)C1O. The molecule has 7 nitrogen and oxygen atoms in total. The average Bonchev–Trinajstić information content (AvgIpc) is 2.80. The molecule has 26 heavy (non-hydrogen) atoms. The fourth-order valence-corrected chi connectivity index (χ4v) is 3.94. The average molecular weight is 383 g/mol. The minimum Gasteiger partial charge on any atom is -0.388 e. The van der Waals surface area contributed by atoms with Crippen LogP contribution in [0.15, 0.2) is 29.2 Å². The molecule has 2 rings (SSSR count). The predicted octanol–water partition coefficient (Wildman–Crippen LogP) is 1.15. The highest BCUT2D eigenvalue weighted by Crippen LogP contribution is 2.39. The zero-order valence-electron chi connectivity index (χ0n) is 16.0. The van der Waals surface area contributed by atoms with E-state index in [2.05, 4.69) is 36.5 Å². The number of amidine groups is 1. The summed E-state index contributed by atoms with van der Waals surface area (Å²) < 4.78 is 5.95. The Hall–Kier alpha value is -1.40. The van der Waals surface area contributed by atoms with Crippen molar-refractivity contribution in [3.05, 3.63) is 24.2 Å². The van der Waals surface area contributed by atoms with Gasteiger partial charge in [-0.25, -0.2) is 4.99 Å². The zero-order chi connectivity index (χ0) is 19.6. The summed E-state index contributed by atoms with van der Waals surface area (Å²) >= 11 is 0. The molecule has 1 amide bonds. The van der Waals surface area contributed by atoms with E-state index in [4.69, 9.17) is 4.74 Å². The summed E-state index contributed by atoms with van der Waals surface area (Å²) in [6, 6.07) is 0. The topological polar surface area (TPSA) is 94.4 Å². The minimum atomic E-state index is -1.24. The van der Waals surface area contributed by atoms with Gasteiger partial charge in [0.1, 0.15) is 23.9 Å². The molecule has 2 aliphatic heterocycles. The molecule has 0 aromatic carbocycles. The van der Waals surface area contributed by atoms with Crippen LogP contribution in [0.5, 0.6) is 0 Å². The smallest absolute Gasteiger partial charge is 0.222 e. The number of aliphatic hydroxyl groups excluding tert-OH is 2. The van der Waals surface area contributed by atoms with E-state index in [1.165, 1.54) is 6.92 Å². The van der Waals surface area contributed by atoms with E-state index >= 15 is 0 Å². The largest absolute Gasteiger partial charge is 0.388 e. The van der Waals surface area contributed by atoms with Crippen LogP contribution in [0.4, 0.5) is 0 Å². The van der Waals surface area contributed by atoms with Crippen molar-refractivity contribution >= 4 is 24.9 Å². The first-order valence-electron chi connectivity index (χ1n) is 8.77. The number of aliphatic imine (C=N–C) groups is 1. The normalized spacial score (nSPS) is 29.5. The van der Waals surface area contributed by atoms with E-state index in [1.807, 2.05) is 6.92 Å². The summed E-state index contributed by atoms with van der Waals surface area (Å²) in [6.45, 7) is 10.3. The van der Waals surface area contributed by atoms with Gasteiger partial charge in [-0.3, -0.25) is 4.79 Å². The van der Waals surface area contributed by atoms with E-state index in [0.29, 0.717) is 24.5 Å². The molecule has 0 radical (unpaired) electrons. The van der Waals surface area contributed by atoms with E-state index in [-0.39, 0.29) is 5.91 Å². The van der Waals surface area contributed by atoms with Crippen molar-refractivity contribution in [1.82, 2.24) is 10.2 Å². The van der Waals surface area contributed by atoms with Gasteiger partial charge < -0.3 is 25.2 Å². The van der Waals surface area contributed by atoms with Gasteiger partial charge in [-0.05, 0) is 32.3 Å². The van der Waals surface area contributed by atoms with E-state index < -0.39 is 31.4 Å². The molecule has 2 heterocycles. The van der Waals surface area contributed by atoms with Crippen molar-refractivity contribution in [3.8, 4) is 0 Å². The molecule has 4 atom stereocenters. The number of hydrogen-bond acceptors (Lipinski definition) is 6. The van der Waals surface area contributed by atoms with Crippen LogP contribution >= 0.6 is 6.89 Å². The molecule has 0 spiro atoms. The highest BCUT2D eigenvalue weighted by Gasteiger charge is 2.46. The molecular weight excluding hydrogens is 353 g/mol. The summed E-state index contributed by atoms with van der Waals surface area (Å²) in [5.74, 6) is 0.582. The lowest BCUT2D eigenvalue weighted by molar-refractivity contribution is -0.117. The van der Waals surface area contributed by atoms with Crippen molar-refractivity contribution in [1.29, 1.82) is 0 Å². The van der Waals surface area contributed by atoms with E-state index in [0.717, 1.165) is 11.7 Å². The Morgan fingerprint density at radius 2 is 2.08 bits per heavy atom. The number of hydrogen-bond donors (Lipinski definition) is 3. The van der Waals surface area contributed by atoms with Gasteiger partial charge in [0, 0.05) is 18.7 Å². The van der Waals surface area contributed by atoms with Gasteiger partial charge in [0.2, 0.25) is 5.91 Å². The van der Waals surface area contributed by atoms with Crippen LogP contribution in [0.25, 0.3) is 0 Å². The van der Waals surface area contributed by atoms with E-state index in [1.54, 1.807) is 11.1 Å². The summed E-state index contributed by atoms with van der Waals surface area (Å²) in [6.07, 6.45) is 4.82. The van der Waals surface area contributed by atoms with Crippen LogP contribution in [-0.2, 0) is 9.53 Å². The van der Waals surface area contributed by atoms with E-state index in [9.17, 15) is 15.0 Å². The third-order valence-corrected chi connectivity index (χ3v) is 5.91. The summed E-state index contributed by atoms with van der Waals surface area (Å²) in [7, 11) is 0. The fourth-order valence-electron chi connectivity index (χ4n) is 2.99. The van der Waals surface area contributed by atoms with Gasteiger partial charge in [-0.2, -0.15) is 0 Å². The van der Waals surface area contributed by atoms with Crippen LogP contribution in [0, 0.1) is 0 Å². The maximum Gasteiger partial charge on any atom is 0.222 e. The first-order chi connectivity index (χ1) is 12.0. The molecule has 0 aromatic rings. The maximum atomic E-state index is 11.3. The van der Waals surface area contributed by atoms with Gasteiger partial charge in [-0.15, -0.1) is 13.2 Å². The molecule has 0 saturated carbocycles. The maximum absolute atomic E-state index is 11.3. The second kappa shape index (κ2) is 8.09. The number of amides is 1. The summed E-state index contributed by atoms with van der Waals surface area (Å²) in [4.78, 5) is 17.3. The Balaban J connectivity index is 2.16. The minimum absolute atomic E-state index is 0.212. The van der Waals surface area contributed by atoms with Crippen molar-refractivity contribution < 1.29 is 19.7 Å². The highest BCUT2D eigenvalue weighted by molar-refractivity contribution is 7.72. The van der Waals surface area contributed by atoms with Crippen LogP contribution in [0.2, 0.25) is 0 Å². The van der Waals surface area contributed by atoms with Gasteiger partial charge in [-0.1, -0.05) is 13.5 Å². The molecule has 0 aromatic heterocycles.